The van der Waals surface area contributed by atoms with Gasteiger partial charge in [-0.3, -0.25) is 9.59 Å². The van der Waals surface area contributed by atoms with Gasteiger partial charge < -0.3 is 20.8 Å². The largest absolute Gasteiger partial charge is 0.511 e. The van der Waals surface area contributed by atoms with Crippen LogP contribution in [-0.2, 0) is 0 Å². The summed E-state index contributed by atoms with van der Waals surface area (Å²) in [6.07, 6.45) is 2.55. The number of carbonyl (C=O) groups is 2. The van der Waals surface area contributed by atoms with Gasteiger partial charge in [-0.1, -0.05) is 24.3 Å². The Morgan fingerprint density at radius 1 is 0.647 bits per heavy atom. The Morgan fingerprint density at radius 3 is 1.44 bits per heavy atom. The molecule has 0 amide bonds. The van der Waals surface area contributed by atoms with Crippen LogP contribution in [0.15, 0.2) is 84.3 Å². The summed E-state index contributed by atoms with van der Waals surface area (Å²) in [6.45, 7) is 3.93. The van der Waals surface area contributed by atoms with Gasteiger partial charge in [0.25, 0.3) is 0 Å². The fourth-order valence-corrected chi connectivity index (χ4v) is 4.68. The van der Waals surface area contributed by atoms with Gasteiger partial charge >= 0.3 is 0 Å². The van der Waals surface area contributed by atoms with E-state index in [0.29, 0.717) is 11.4 Å². The minimum absolute atomic E-state index is 0.194. The average molecular weight is 453 g/mol. The number of anilines is 4. The van der Waals surface area contributed by atoms with Gasteiger partial charge in [0.15, 0.2) is 11.6 Å². The minimum Gasteiger partial charge on any atom is -0.511 e. The molecule has 5 rings (SSSR count). The fraction of sp³-hybridized carbons (Fsp3) is 0.143. The van der Waals surface area contributed by atoms with Gasteiger partial charge in [0, 0.05) is 11.4 Å². The zero-order valence-corrected chi connectivity index (χ0v) is 18.8. The minimum atomic E-state index is -1.16. The molecule has 2 atom stereocenters. The second kappa shape index (κ2) is 8.23. The van der Waals surface area contributed by atoms with Gasteiger partial charge in [0.1, 0.15) is 11.5 Å². The molecule has 6 heteroatoms. The number of benzene rings is 3. The van der Waals surface area contributed by atoms with Crippen molar-refractivity contribution >= 4 is 34.3 Å². The van der Waals surface area contributed by atoms with Gasteiger partial charge in [-0.25, -0.2) is 0 Å². The van der Waals surface area contributed by atoms with Crippen LogP contribution in [0.4, 0.5) is 22.7 Å². The smallest absolute Gasteiger partial charge is 0.177 e. The maximum absolute atomic E-state index is 13.7. The molecule has 2 aliphatic rings. The lowest BCUT2D eigenvalue weighted by Crippen LogP contribution is -2.40. The van der Waals surface area contributed by atoms with E-state index in [1.165, 1.54) is 12.2 Å². The van der Waals surface area contributed by atoms with Crippen LogP contribution >= 0.6 is 0 Å². The van der Waals surface area contributed by atoms with Crippen molar-refractivity contribution in [3.05, 3.63) is 107 Å². The Hall–Kier alpha value is -4.32. The van der Waals surface area contributed by atoms with Gasteiger partial charge in [-0.15, -0.1) is 0 Å². The predicted molar refractivity (Wildman–Crippen MR) is 132 cm³/mol. The highest BCUT2D eigenvalue weighted by Crippen LogP contribution is 2.45. The molecule has 34 heavy (non-hydrogen) atoms. The number of aliphatic hydroxyl groups is 2. The quantitative estimate of drug-likeness (QED) is 0.371. The van der Waals surface area contributed by atoms with E-state index in [9.17, 15) is 19.8 Å². The standard InChI is InChI=1S/C28H24N2O4/c1-15-5-3-7-17(13-15)29-19-9-10-20(30-18-8-4-6-16(2)14-18)24-23(19)27(33)25-21(31)11-12-22(32)26(25)28(24)34/h3-14,25-26,29-32H,1-2H3. The highest BCUT2D eigenvalue weighted by Gasteiger charge is 2.49. The lowest BCUT2D eigenvalue weighted by molar-refractivity contribution is 0.0710. The summed E-state index contributed by atoms with van der Waals surface area (Å²) >= 11 is 0. The maximum atomic E-state index is 13.7. The number of rotatable bonds is 4. The number of aliphatic hydroxyl groups excluding tert-OH is 2. The monoisotopic (exact) mass is 452 g/mol. The second-order valence-electron chi connectivity index (χ2n) is 8.77. The summed E-state index contributed by atoms with van der Waals surface area (Å²) in [7, 11) is 0. The van der Waals surface area contributed by atoms with Crippen LogP contribution in [-0.4, -0.2) is 21.8 Å². The lowest BCUT2D eigenvalue weighted by Gasteiger charge is -2.34. The van der Waals surface area contributed by atoms with Crippen LogP contribution in [0.2, 0.25) is 0 Å². The number of fused-ring (bicyclic) bond motifs is 2. The molecule has 0 aromatic heterocycles. The van der Waals surface area contributed by atoms with Crippen molar-refractivity contribution in [2.45, 2.75) is 13.8 Å². The fourth-order valence-electron chi connectivity index (χ4n) is 4.68. The third kappa shape index (κ3) is 3.63. The number of ketones is 2. The van der Waals surface area contributed by atoms with Gasteiger partial charge in [-0.05, 0) is 73.5 Å². The van der Waals surface area contributed by atoms with E-state index < -0.39 is 23.4 Å². The van der Waals surface area contributed by atoms with E-state index in [2.05, 4.69) is 10.6 Å². The normalized spacial score (nSPS) is 19.0. The molecular weight excluding hydrogens is 428 g/mol. The Labute approximate surface area is 197 Å². The molecule has 6 nitrogen and oxygen atoms in total. The predicted octanol–water partition coefficient (Wildman–Crippen LogP) is 6.30. The van der Waals surface area contributed by atoms with Gasteiger partial charge in [0.05, 0.1) is 34.3 Å². The van der Waals surface area contributed by atoms with Crippen LogP contribution in [0, 0.1) is 25.7 Å². The molecule has 4 N–H and O–H groups in total. The van der Waals surface area contributed by atoms with Gasteiger partial charge in [-0.2, -0.15) is 0 Å². The number of hydrogen-bond acceptors (Lipinski definition) is 6. The van der Waals surface area contributed by atoms with Crippen molar-refractivity contribution in [1.29, 1.82) is 0 Å². The maximum Gasteiger partial charge on any atom is 0.177 e. The molecule has 0 saturated carbocycles. The first-order valence-corrected chi connectivity index (χ1v) is 11.1. The van der Waals surface area contributed by atoms with Crippen LogP contribution < -0.4 is 10.6 Å². The molecule has 2 unspecified atom stereocenters. The topological polar surface area (TPSA) is 98.7 Å². The van der Waals surface area contributed by atoms with Crippen molar-refractivity contribution in [1.82, 2.24) is 0 Å². The van der Waals surface area contributed by atoms with E-state index >= 15 is 0 Å². The van der Waals surface area contributed by atoms with E-state index in [1.54, 1.807) is 12.1 Å². The van der Waals surface area contributed by atoms with Gasteiger partial charge in [0.2, 0.25) is 0 Å². The van der Waals surface area contributed by atoms with E-state index in [1.807, 2.05) is 62.4 Å². The Balaban J connectivity index is 1.68. The Kier molecular flexibility index (Phi) is 5.21. The van der Waals surface area contributed by atoms with Crippen molar-refractivity contribution in [3.8, 4) is 0 Å². The molecular formula is C28H24N2O4. The summed E-state index contributed by atoms with van der Waals surface area (Å²) < 4.78 is 0. The van der Waals surface area contributed by atoms with E-state index in [0.717, 1.165) is 22.5 Å². The first-order chi connectivity index (χ1) is 16.3. The van der Waals surface area contributed by atoms with Crippen molar-refractivity contribution in [2.24, 2.45) is 11.8 Å². The number of allylic oxidation sites excluding steroid dienone is 4. The van der Waals surface area contributed by atoms with Crippen LogP contribution in [0.1, 0.15) is 31.8 Å². The number of nitrogens with one attached hydrogen (secondary N) is 2. The van der Waals surface area contributed by atoms with Crippen LogP contribution in [0.25, 0.3) is 0 Å². The first kappa shape index (κ1) is 21.5. The average Bonchev–Trinajstić information content (AvgIpc) is 2.80. The molecule has 3 aromatic rings. The zero-order valence-electron chi connectivity index (χ0n) is 18.8. The van der Waals surface area contributed by atoms with Crippen molar-refractivity contribution < 1.29 is 19.8 Å². The molecule has 0 heterocycles. The summed E-state index contributed by atoms with van der Waals surface area (Å²) in [5.74, 6) is -3.61. The molecule has 170 valence electrons. The van der Waals surface area contributed by atoms with Crippen molar-refractivity contribution in [2.75, 3.05) is 10.6 Å². The summed E-state index contributed by atoms with van der Waals surface area (Å²) in [6, 6.07) is 18.9. The third-order valence-electron chi connectivity index (χ3n) is 6.25. The lowest BCUT2D eigenvalue weighted by atomic mass is 9.69. The third-order valence-corrected chi connectivity index (χ3v) is 6.25. The van der Waals surface area contributed by atoms with Crippen LogP contribution in [0.5, 0.6) is 0 Å². The van der Waals surface area contributed by atoms with E-state index in [4.69, 9.17) is 0 Å². The molecule has 0 saturated heterocycles. The van der Waals surface area contributed by atoms with E-state index in [-0.39, 0.29) is 22.6 Å². The number of carbonyl (C=O) groups excluding carboxylic acids is 2. The highest BCUT2D eigenvalue weighted by molar-refractivity contribution is 6.23. The number of Topliss-reactive ketones (excluding diaryl/α,β-unsaturated/α-hetero) is 2. The number of hydrogen-bond donors (Lipinski definition) is 4. The SMILES string of the molecule is Cc1cccc(Nc2ccc(Nc3cccc(C)c3)c3c2C(=O)C2C(O)=CC=C(O)C2C3=O)c1. The molecule has 0 radical (unpaired) electrons. The van der Waals surface area contributed by atoms with Crippen LogP contribution in [0.3, 0.4) is 0 Å². The highest BCUT2D eigenvalue weighted by atomic mass is 16.3. The Morgan fingerprint density at radius 2 is 1.06 bits per heavy atom. The first-order valence-electron chi connectivity index (χ1n) is 11.1. The summed E-state index contributed by atoms with van der Waals surface area (Å²) in [5.41, 5.74) is 4.96. The second-order valence-corrected chi connectivity index (χ2v) is 8.77. The molecule has 0 aliphatic heterocycles. The molecule has 2 aliphatic carbocycles. The summed E-state index contributed by atoms with van der Waals surface area (Å²) in [5, 5.41) is 27.5. The molecule has 0 spiro atoms. The summed E-state index contributed by atoms with van der Waals surface area (Å²) in [4.78, 5) is 27.5. The van der Waals surface area contributed by atoms with Crippen molar-refractivity contribution in [3.63, 3.8) is 0 Å². The Bertz CT molecular complexity index is 1300. The number of aryl methyl sites for hydroxylation is 2. The molecule has 0 fully saturated rings. The molecule has 0 bridgehead atoms. The zero-order chi connectivity index (χ0) is 24.0. The molecule has 3 aromatic carbocycles.